The zero-order valence-electron chi connectivity index (χ0n) is 10.8. The SMILES string of the molecule is CCNCC(C)c1nc(N2CCCCC2)no1. The number of hydrogen-bond acceptors (Lipinski definition) is 5. The molecule has 17 heavy (non-hydrogen) atoms. The van der Waals surface area contributed by atoms with Gasteiger partial charge in [0.25, 0.3) is 5.95 Å². The molecule has 0 radical (unpaired) electrons. The van der Waals surface area contributed by atoms with Crippen LogP contribution in [0, 0.1) is 0 Å². The van der Waals surface area contributed by atoms with Crippen molar-refractivity contribution in [3.8, 4) is 0 Å². The van der Waals surface area contributed by atoms with E-state index in [2.05, 4.69) is 34.2 Å². The van der Waals surface area contributed by atoms with Crippen LogP contribution in [-0.4, -0.2) is 36.3 Å². The first kappa shape index (κ1) is 12.4. The lowest BCUT2D eigenvalue weighted by Crippen LogP contribution is -2.30. The van der Waals surface area contributed by atoms with Crippen LogP contribution in [0.3, 0.4) is 0 Å². The van der Waals surface area contributed by atoms with Crippen LogP contribution in [-0.2, 0) is 0 Å². The van der Waals surface area contributed by atoms with E-state index < -0.39 is 0 Å². The van der Waals surface area contributed by atoms with E-state index in [1.807, 2.05) is 0 Å². The Balaban J connectivity index is 1.94. The number of rotatable bonds is 5. The highest BCUT2D eigenvalue weighted by atomic mass is 16.5. The van der Waals surface area contributed by atoms with Gasteiger partial charge in [0.15, 0.2) is 0 Å². The number of nitrogens with zero attached hydrogens (tertiary/aromatic N) is 3. The zero-order chi connectivity index (χ0) is 12.1. The van der Waals surface area contributed by atoms with Crippen LogP contribution < -0.4 is 10.2 Å². The molecule has 1 aromatic rings. The summed E-state index contributed by atoms with van der Waals surface area (Å²) in [5.41, 5.74) is 0. The quantitative estimate of drug-likeness (QED) is 0.847. The number of likely N-dealkylation sites (N-methyl/N-ethyl adjacent to an activating group) is 1. The third kappa shape index (κ3) is 3.19. The van der Waals surface area contributed by atoms with E-state index in [4.69, 9.17) is 4.52 Å². The van der Waals surface area contributed by atoms with Gasteiger partial charge in [0.2, 0.25) is 5.89 Å². The van der Waals surface area contributed by atoms with E-state index in [1.165, 1.54) is 19.3 Å². The van der Waals surface area contributed by atoms with Crippen molar-refractivity contribution < 1.29 is 4.52 Å². The van der Waals surface area contributed by atoms with Crippen LogP contribution in [0.4, 0.5) is 5.95 Å². The van der Waals surface area contributed by atoms with Gasteiger partial charge in [-0.3, -0.25) is 0 Å². The van der Waals surface area contributed by atoms with Crippen molar-refractivity contribution in [1.82, 2.24) is 15.5 Å². The molecule has 5 heteroatoms. The lowest BCUT2D eigenvalue weighted by atomic mass is 10.1. The topological polar surface area (TPSA) is 54.2 Å². The summed E-state index contributed by atoms with van der Waals surface area (Å²) < 4.78 is 5.33. The first-order valence-electron chi connectivity index (χ1n) is 6.60. The molecule has 0 bridgehead atoms. The van der Waals surface area contributed by atoms with Crippen molar-refractivity contribution in [2.75, 3.05) is 31.1 Å². The van der Waals surface area contributed by atoms with Gasteiger partial charge in [-0.2, -0.15) is 4.98 Å². The molecule has 0 spiro atoms. The van der Waals surface area contributed by atoms with Gasteiger partial charge >= 0.3 is 0 Å². The number of aromatic nitrogens is 2. The van der Waals surface area contributed by atoms with E-state index in [9.17, 15) is 0 Å². The van der Waals surface area contributed by atoms with Crippen LogP contribution >= 0.6 is 0 Å². The molecule has 1 aromatic heterocycles. The molecule has 1 saturated heterocycles. The minimum absolute atomic E-state index is 0.279. The summed E-state index contributed by atoms with van der Waals surface area (Å²) in [7, 11) is 0. The van der Waals surface area contributed by atoms with E-state index in [0.717, 1.165) is 38.0 Å². The highest BCUT2D eigenvalue weighted by Crippen LogP contribution is 2.19. The molecular weight excluding hydrogens is 216 g/mol. The van der Waals surface area contributed by atoms with Crippen molar-refractivity contribution in [2.45, 2.75) is 39.0 Å². The van der Waals surface area contributed by atoms with Gasteiger partial charge in [-0.15, -0.1) is 0 Å². The summed E-state index contributed by atoms with van der Waals surface area (Å²) in [6.07, 6.45) is 3.78. The van der Waals surface area contributed by atoms with Crippen LogP contribution in [0.1, 0.15) is 44.9 Å². The predicted molar refractivity (Wildman–Crippen MR) is 67.3 cm³/mol. The fourth-order valence-corrected chi connectivity index (χ4v) is 2.10. The maximum atomic E-state index is 5.33. The summed E-state index contributed by atoms with van der Waals surface area (Å²) in [6, 6.07) is 0. The molecule has 1 fully saturated rings. The third-order valence-electron chi connectivity index (χ3n) is 3.19. The van der Waals surface area contributed by atoms with Gasteiger partial charge in [-0.1, -0.05) is 13.8 Å². The van der Waals surface area contributed by atoms with Crippen LogP contribution in [0.15, 0.2) is 4.52 Å². The van der Waals surface area contributed by atoms with Gasteiger partial charge in [0, 0.05) is 25.6 Å². The monoisotopic (exact) mass is 238 g/mol. The number of nitrogens with one attached hydrogen (secondary N) is 1. The highest BCUT2D eigenvalue weighted by Gasteiger charge is 2.19. The van der Waals surface area contributed by atoms with Crippen LogP contribution in [0.25, 0.3) is 0 Å². The van der Waals surface area contributed by atoms with Crippen molar-refractivity contribution >= 4 is 5.95 Å². The Kier molecular flexibility index (Phi) is 4.36. The standard InChI is InChI=1S/C12H22N4O/c1-3-13-9-10(2)11-14-12(15-17-11)16-7-5-4-6-8-16/h10,13H,3-9H2,1-2H3. The molecule has 2 rings (SSSR count). The Hall–Kier alpha value is -1.10. The smallest absolute Gasteiger partial charge is 0.266 e. The summed E-state index contributed by atoms with van der Waals surface area (Å²) >= 11 is 0. The van der Waals surface area contributed by atoms with E-state index in [0.29, 0.717) is 0 Å². The maximum absolute atomic E-state index is 5.33. The Morgan fingerprint density at radius 2 is 2.12 bits per heavy atom. The molecule has 96 valence electrons. The second-order valence-electron chi connectivity index (χ2n) is 4.69. The molecule has 0 saturated carbocycles. The second kappa shape index (κ2) is 6.00. The normalized spacial score (nSPS) is 18.4. The molecule has 0 aliphatic carbocycles. The molecule has 0 amide bonds. The average Bonchev–Trinajstić information content (AvgIpc) is 2.86. The second-order valence-corrected chi connectivity index (χ2v) is 4.69. The summed E-state index contributed by atoms with van der Waals surface area (Å²) in [5.74, 6) is 1.79. The van der Waals surface area contributed by atoms with Crippen molar-refractivity contribution in [3.05, 3.63) is 5.89 Å². The van der Waals surface area contributed by atoms with E-state index >= 15 is 0 Å². The Morgan fingerprint density at radius 1 is 1.35 bits per heavy atom. The summed E-state index contributed by atoms with van der Waals surface area (Å²) in [6.45, 7) is 8.17. The summed E-state index contributed by atoms with van der Waals surface area (Å²) in [5, 5.41) is 7.37. The number of anilines is 1. The minimum atomic E-state index is 0.279. The average molecular weight is 238 g/mol. The van der Waals surface area contributed by atoms with Crippen LogP contribution in [0.5, 0.6) is 0 Å². The molecular formula is C12H22N4O. The molecule has 1 aliphatic rings. The minimum Gasteiger partial charge on any atom is -0.338 e. The van der Waals surface area contributed by atoms with Gasteiger partial charge in [0.05, 0.1) is 0 Å². The highest BCUT2D eigenvalue weighted by molar-refractivity contribution is 5.28. The van der Waals surface area contributed by atoms with Gasteiger partial charge in [0.1, 0.15) is 0 Å². The lowest BCUT2D eigenvalue weighted by Gasteiger charge is -2.24. The lowest BCUT2D eigenvalue weighted by molar-refractivity contribution is 0.354. The first-order valence-corrected chi connectivity index (χ1v) is 6.60. The first-order chi connectivity index (χ1) is 8.31. The van der Waals surface area contributed by atoms with Crippen molar-refractivity contribution in [1.29, 1.82) is 0 Å². The van der Waals surface area contributed by atoms with Crippen LogP contribution in [0.2, 0.25) is 0 Å². The molecule has 0 aromatic carbocycles. The zero-order valence-corrected chi connectivity index (χ0v) is 10.8. The van der Waals surface area contributed by atoms with Crippen molar-refractivity contribution in [2.24, 2.45) is 0 Å². The third-order valence-corrected chi connectivity index (χ3v) is 3.19. The molecule has 1 unspecified atom stereocenters. The van der Waals surface area contributed by atoms with Crippen molar-refractivity contribution in [3.63, 3.8) is 0 Å². The van der Waals surface area contributed by atoms with Gasteiger partial charge < -0.3 is 14.7 Å². The largest absolute Gasteiger partial charge is 0.338 e. The van der Waals surface area contributed by atoms with Gasteiger partial charge in [-0.25, -0.2) is 0 Å². The number of piperidine rings is 1. The molecule has 1 N–H and O–H groups in total. The Labute approximate surface area is 103 Å². The van der Waals surface area contributed by atoms with E-state index in [-0.39, 0.29) is 5.92 Å². The van der Waals surface area contributed by atoms with E-state index in [1.54, 1.807) is 0 Å². The Bertz CT molecular complexity index is 333. The fraction of sp³-hybridized carbons (Fsp3) is 0.833. The molecule has 2 heterocycles. The number of hydrogen-bond donors (Lipinski definition) is 1. The van der Waals surface area contributed by atoms with Gasteiger partial charge in [-0.05, 0) is 31.0 Å². The Morgan fingerprint density at radius 3 is 2.82 bits per heavy atom. The summed E-state index contributed by atoms with van der Waals surface area (Å²) in [4.78, 5) is 6.71. The molecule has 5 nitrogen and oxygen atoms in total. The molecule has 1 aliphatic heterocycles. The maximum Gasteiger partial charge on any atom is 0.266 e. The molecule has 1 atom stereocenters. The fourth-order valence-electron chi connectivity index (χ4n) is 2.10. The predicted octanol–water partition coefficient (Wildman–Crippen LogP) is 1.77.